The first-order valence-electron chi connectivity index (χ1n) is 6.72. The number of aromatic amines is 1. The summed E-state index contributed by atoms with van der Waals surface area (Å²) in [6, 6.07) is 5.73. The lowest BCUT2D eigenvalue weighted by atomic mass is 10.1. The second-order valence-corrected chi connectivity index (χ2v) is 6.10. The molecule has 0 unspecified atom stereocenters. The van der Waals surface area contributed by atoms with Crippen LogP contribution in [0.2, 0.25) is 0 Å². The Labute approximate surface area is 142 Å². The lowest BCUT2D eigenvalue weighted by Crippen LogP contribution is -2.27. The molecule has 1 amide bonds. The molecule has 21 heavy (non-hydrogen) atoms. The van der Waals surface area contributed by atoms with Crippen molar-refractivity contribution >= 4 is 40.7 Å². The van der Waals surface area contributed by atoms with Crippen LogP contribution in [0.1, 0.15) is 28.7 Å². The molecule has 0 bridgehead atoms. The molecular weight excluding hydrogens is 399 g/mol. The minimum atomic E-state index is -0.0553. The minimum absolute atomic E-state index is 0.0553. The van der Waals surface area contributed by atoms with Crippen LogP contribution < -0.4 is 5.32 Å². The predicted molar refractivity (Wildman–Crippen MR) is 93.0 cm³/mol. The van der Waals surface area contributed by atoms with Crippen LogP contribution >= 0.6 is 34.8 Å². The summed E-state index contributed by atoms with van der Waals surface area (Å²) in [5.74, 6) is 0.807. The molecule has 0 radical (unpaired) electrons. The van der Waals surface area contributed by atoms with E-state index in [-0.39, 0.29) is 5.91 Å². The van der Waals surface area contributed by atoms with Crippen LogP contribution in [0.25, 0.3) is 0 Å². The number of amides is 1. The van der Waals surface area contributed by atoms with Gasteiger partial charge in [0.25, 0.3) is 5.91 Å². The quantitative estimate of drug-likeness (QED) is 0.582. The van der Waals surface area contributed by atoms with Crippen molar-refractivity contribution < 1.29 is 4.79 Å². The van der Waals surface area contributed by atoms with Crippen LogP contribution in [0.3, 0.4) is 0 Å². The normalized spacial score (nSPS) is 10.6. The number of rotatable bonds is 5. The van der Waals surface area contributed by atoms with Crippen LogP contribution in [0, 0.1) is 15.3 Å². The molecule has 2 N–H and O–H groups in total. The summed E-state index contributed by atoms with van der Waals surface area (Å²) in [7, 11) is 0. The molecule has 0 spiro atoms. The van der Waals surface area contributed by atoms with Crippen molar-refractivity contribution in [1.29, 1.82) is 0 Å². The number of nitrogens with zero attached hydrogens (tertiary/aromatic N) is 2. The molecule has 0 aliphatic carbocycles. The molecular formula is C14H17IN4OS. The molecule has 2 aromatic rings. The number of benzene rings is 1. The number of hydrogen-bond acceptors (Lipinski definition) is 3. The van der Waals surface area contributed by atoms with Gasteiger partial charge in [0.15, 0.2) is 4.77 Å². The lowest BCUT2D eigenvalue weighted by molar-refractivity contribution is 0.0953. The Morgan fingerprint density at radius 3 is 3.00 bits per heavy atom. The molecule has 1 aromatic carbocycles. The first-order valence-corrected chi connectivity index (χ1v) is 8.20. The Morgan fingerprint density at radius 2 is 2.29 bits per heavy atom. The summed E-state index contributed by atoms with van der Waals surface area (Å²) < 4.78 is 3.54. The first kappa shape index (κ1) is 16.2. The van der Waals surface area contributed by atoms with Gasteiger partial charge in [0.1, 0.15) is 5.82 Å². The highest BCUT2D eigenvalue weighted by Gasteiger charge is 2.11. The molecule has 1 aromatic heterocycles. The van der Waals surface area contributed by atoms with Crippen molar-refractivity contribution in [1.82, 2.24) is 20.1 Å². The van der Waals surface area contributed by atoms with E-state index in [0.29, 0.717) is 23.3 Å². The fourth-order valence-corrected chi connectivity index (χ4v) is 2.96. The number of carbonyl (C=O) groups is 1. The maximum atomic E-state index is 12.2. The number of nitrogens with one attached hydrogen (secondary N) is 2. The Morgan fingerprint density at radius 1 is 1.52 bits per heavy atom. The third-order valence-corrected chi connectivity index (χ3v) is 4.97. The van der Waals surface area contributed by atoms with E-state index in [2.05, 4.69) is 38.1 Å². The van der Waals surface area contributed by atoms with E-state index < -0.39 is 0 Å². The second kappa shape index (κ2) is 7.17. The van der Waals surface area contributed by atoms with Gasteiger partial charge >= 0.3 is 0 Å². The molecule has 112 valence electrons. The van der Waals surface area contributed by atoms with E-state index in [1.165, 1.54) is 0 Å². The van der Waals surface area contributed by atoms with E-state index in [1.54, 1.807) is 0 Å². The van der Waals surface area contributed by atoms with Crippen molar-refractivity contribution in [3.05, 3.63) is 43.5 Å². The standard InChI is InChI=1S/C14H17IN4OS/c1-3-19-11(17-18-14(19)21)7-8-16-13(20)10-6-4-5-9(2)12(10)15/h4-6H,3,7-8H2,1-2H3,(H,16,20)(H,18,21). The molecule has 0 atom stereocenters. The summed E-state index contributed by atoms with van der Waals surface area (Å²) >= 11 is 7.34. The van der Waals surface area contributed by atoms with Gasteiger partial charge in [-0.15, -0.1) is 0 Å². The second-order valence-electron chi connectivity index (χ2n) is 4.63. The van der Waals surface area contributed by atoms with Gasteiger partial charge in [-0.3, -0.25) is 9.89 Å². The average molecular weight is 416 g/mol. The maximum Gasteiger partial charge on any atom is 0.252 e. The smallest absolute Gasteiger partial charge is 0.252 e. The summed E-state index contributed by atoms with van der Waals surface area (Å²) in [4.78, 5) is 12.2. The van der Waals surface area contributed by atoms with Crippen molar-refractivity contribution in [2.24, 2.45) is 0 Å². The highest BCUT2D eigenvalue weighted by molar-refractivity contribution is 14.1. The molecule has 0 aliphatic heterocycles. The summed E-state index contributed by atoms with van der Waals surface area (Å²) in [5.41, 5.74) is 1.82. The Kier molecular flexibility index (Phi) is 5.51. The molecule has 0 aliphatic rings. The molecule has 7 heteroatoms. The van der Waals surface area contributed by atoms with Crippen molar-refractivity contribution in [3.63, 3.8) is 0 Å². The number of aryl methyl sites for hydroxylation is 1. The summed E-state index contributed by atoms with van der Waals surface area (Å²) in [6.45, 7) is 5.32. The minimum Gasteiger partial charge on any atom is -0.352 e. The van der Waals surface area contributed by atoms with E-state index in [4.69, 9.17) is 12.2 Å². The van der Waals surface area contributed by atoms with Crippen LogP contribution in [0.5, 0.6) is 0 Å². The first-order chi connectivity index (χ1) is 10.0. The topological polar surface area (TPSA) is 62.7 Å². The SMILES string of the molecule is CCn1c(CCNC(=O)c2cccc(C)c2I)n[nH]c1=S. The Hall–Kier alpha value is -1.22. The zero-order valence-electron chi connectivity index (χ0n) is 11.9. The zero-order chi connectivity index (χ0) is 15.4. The number of hydrogen-bond donors (Lipinski definition) is 2. The van der Waals surface area contributed by atoms with Crippen LogP contribution in [-0.2, 0) is 13.0 Å². The van der Waals surface area contributed by atoms with Crippen LogP contribution in [0.4, 0.5) is 0 Å². The summed E-state index contributed by atoms with van der Waals surface area (Å²) in [6.07, 6.45) is 0.648. The summed E-state index contributed by atoms with van der Waals surface area (Å²) in [5, 5.41) is 9.89. The van der Waals surface area contributed by atoms with Crippen molar-refractivity contribution in [3.8, 4) is 0 Å². The predicted octanol–water partition coefficient (Wildman–Crippen LogP) is 2.85. The molecule has 0 fully saturated rings. The van der Waals surface area contributed by atoms with Crippen molar-refractivity contribution in [2.45, 2.75) is 26.8 Å². The van der Waals surface area contributed by atoms with Crippen LogP contribution in [-0.4, -0.2) is 27.2 Å². The van der Waals surface area contributed by atoms with Gasteiger partial charge in [-0.25, -0.2) is 0 Å². The van der Waals surface area contributed by atoms with Crippen molar-refractivity contribution in [2.75, 3.05) is 6.54 Å². The van der Waals surface area contributed by atoms with E-state index in [0.717, 1.165) is 21.5 Å². The van der Waals surface area contributed by atoms with E-state index >= 15 is 0 Å². The van der Waals surface area contributed by atoms with Gasteiger partial charge in [0, 0.05) is 23.1 Å². The zero-order valence-corrected chi connectivity index (χ0v) is 14.9. The monoisotopic (exact) mass is 416 g/mol. The van der Waals surface area contributed by atoms with Gasteiger partial charge in [-0.1, -0.05) is 12.1 Å². The number of aromatic nitrogens is 3. The Balaban J connectivity index is 1.99. The highest BCUT2D eigenvalue weighted by atomic mass is 127. The molecule has 0 saturated carbocycles. The third-order valence-electron chi connectivity index (χ3n) is 3.22. The fourth-order valence-electron chi connectivity index (χ4n) is 2.07. The van der Waals surface area contributed by atoms with Gasteiger partial charge in [0.2, 0.25) is 0 Å². The van der Waals surface area contributed by atoms with Crippen LogP contribution in [0.15, 0.2) is 18.2 Å². The average Bonchev–Trinajstić information content (AvgIpc) is 2.82. The largest absolute Gasteiger partial charge is 0.352 e. The van der Waals surface area contributed by atoms with E-state index in [9.17, 15) is 4.79 Å². The lowest BCUT2D eigenvalue weighted by Gasteiger charge is -2.08. The number of halogens is 1. The number of carbonyl (C=O) groups excluding carboxylic acids is 1. The molecule has 5 nitrogen and oxygen atoms in total. The molecule has 2 rings (SSSR count). The Bertz CT molecular complexity index is 707. The fraction of sp³-hybridized carbons (Fsp3) is 0.357. The molecule has 1 heterocycles. The molecule has 0 saturated heterocycles. The third kappa shape index (κ3) is 3.70. The van der Waals surface area contributed by atoms with Gasteiger partial charge in [-0.2, -0.15) is 5.10 Å². The van der Waals surface area contributed by atoms with Gasteiger partial charge in [-0.05, 0) is 60.3 Å². The van der Waals surface area contributed by atoms with E-state index in [1.807, 2.05) is 36.6 Å². The van der Waals surface area contributed by atoms with Gasteiger partial charge < -0.3 is 9.88 Å². The van der Waals surface area contributed by atoms with Gasteiger partial charge in [0.05, 0.1) is 5.56 Å². The highest BCUT2D eigenvalue weighted by Crippen LogP contribution is 2.16. The maximum absolute atomic E-state index is 12.2. The number of H-pyrrole nitrogens is 1.